The summed E-state index contributed by atoms with van der Waals surface area (Å²) >= 11 is 0. The standard InChI is InChI=1S/C20H18N6O3/c1-13(15-5-9-21-10-6-15)23-25-19(27)17-3-4-18(29-17)20(28)26-24-14(2)16-7-11-22-12-8-16/h3-12H,1-2H3,(H,25,27)(H,26,28)/b23-13+,24-14+. The summed E-state index contributed by atoms with van der Waals surface area (Å²) in [4.78, 5) is 32.2. The zero-order chi connectivity index (χ0) is 20.6. The predicted molar refractivity (Wildman–Crippen MR) is 107 cm³/mol. The molecule has 0 saturated carbocycles. The van der Waals surface area contributed by atoms with Crippen LogP contribution in [0.25, 0.3) is 0 Å². The average Bonchev–Trinajstić information content (AvgIpc) is 3.27. The molecule has 3 rings (SSSR count). The maximum absolute atomic E-state index is 12.2. The van der Waals surface area contributed by atoms with E-state index < -0.39 is 11.8 Å². The summed E-state index contributed by atoms with van der Waals surface area (Å²) in [6.07, 6.45) is 6.53. The Morgan fingerprint density at radius 1 is 0.724 bits per heavy atom. The van der Waals surface area contributed by atoms with Gasteiger partial charge in [-0.1, -0.05) is 0 Å². The van der Waals surface area contributed by atoms with Gasteiger partial charge >= 0.3 is 11.8 Å². The van der Waals surface area contributed by atoms with Crippen LogP contribution in [-0.4, -0.2) is 33.2 Å². The number of carbonyl (C=O) groups is 2. The molecule has 2 N–H and O–H groups in total. The van der Waals surface area contributed by atoms with E-state index in [0.29, 0.717) is 11.4 Å². The Morgan fingerprint density at radius 2 is 1.10 bits per heavy atom. The van der Waals surface area contributed by atoms with Crippen LogP contribution in [0.4, 0.5) is 0 Å². The third-order valence-electron chi connectivity index (χ3n) is 3.90. The molecule has 0 unspecified atom stereocenters. The first-order valence-corrected chi connectivity index (χ1v) is 8.64. The molecule has 0 fully saturated rings. The number of hydrogen-bond acceptors (Lipinski definition) is 7. The van der Waals surface area contributed by atoms with Gasteiger partial charge in [-0.3, -0.25) is 19.6 Å². The summed E-state index contributed by atoms with van der Waals surface area (Å²) in [5.41, 5.74) is 7.63. The highest BCUT2D eigenvalue weighted by atomic mass is 16.4. The number of pyridine rings is 2. The van der Waals surface area contributed by atoms with E-state index in [0.717, 1.165) is 11.1 Å². The van der Waals surface area contributed by atoms with Gasteiger partial charge in [0.1, 0.15) is 0 Å². The Hall–Kier alpha value is -4.14. The molecule has 0 atom stereocenters. The number of nitrogens with zero attached hydrogens (tertiary/aromatic N) is 4. The Morgan fingerprint density at radius 3 is 1.48 bits per heavy atom. The van der Waals surface area contributed by atoms with Crippen molar-refractivity contribution in [3.8, 4) is 0 Å². The zero-order valence-corrected chi connectivity index (χ0v) is 15.8. The van der Waals surface area contributed by atoms with Crippen molar-refractivity contribution in [1.29, 1.82) is 0 Å². The zero-order valence-electron chi connectivity index (χ0n) is 15.8. The molecule has 3 aromatic rings. The molecule has 9 nitrogen and oxygen atoms in total. The van der Waals surface area contributed by atoms with E-state index in [-0.39, 0.29) is 11.5 Å². The molecular formula is C20H18N6O3. The Labute approximate surface area is 166 Å². The largest absolute Gasteiger partial charge is 0.446 e. The van der Waals surface area contributed by atoms with Crippen molar-refractivity contribution in [2.75, 3.05) is 0 Å². The maximum Gasteiger partial charge on any atom is 0.307 e. The Bertz CT molecular complexity index is 974. The average molecular weight is 390 g/mol. The number of nitrogens with one attached hydrogen (secondary N) is 2. The highest BCUT2D eigenvalue weighted by molar-refractivity contribution is 6.01. The van der Waals surface area contributed by atoms with Crippen molar-refractivity contribution in [2.24, 2.45) is 10.2 Å². The minimum Gasteiger partial charge on any atom is -0.446 e. The maximum atomic E-state index is 12.2. The molecule has 0 aliphatic heterocycles. The molecule has 9 heteroatoms. The van der Waals surface area contributed by atoms with Crippen LogP contribution in [0.15, 0.2) is 75.8 Å². The normalized spacial score (nSPS) is 11.8. The molecule has 0 aromatic carbocycles. The number of rotatable bonds is 6. The van der Waals surface area contributed by atoms with Gasteiger partial charge in [0.05, 0.1) is 11.4 Å². The van der Waals surface area contributed by atoms with Gasteiger partial charge in [0.25, 0.3) is 0 Å². The highest BCUT2D eigenvalue weighted by Gasteiger charge is 2.15. The van der Waals surface area contributed by atoms with Gasteiger partial charge in [0.2, 0.25) is 0 Å². The molecule has 146 valence electrons. The fraction of sp³-hybridized carbons (Fsp3) is 0.100. The molecule has 0 spiro atoms. The number of carbonyl (C=O) groups excluding carboxylic acids is 2. The van der Waals surface area contributed by atoms with Crippen molar-refractivity contribution < 1.29 is 14.0 Å². The Balaban J connectivity index is 1.61. The van der Waals surface area contributed by atoms with E-state index in [1.54, 1.807) is 62.9 Å². The van der Waals surface area contributed by atoms with Crippen LogP contribution in [0.3, 0.4) is 0 Å². The second-order valence-corrected chi connectivity index (χ2v) is 5.91. The summed E-state index contributed by atoms with van der Waals surface area (Å²) in [5, 5.41) is 8.04. The number of hydrogen-bond donors (Lipinski definition) is 2. The van der Waals surface area contributed by atoms with Crippen LogP contribution in [0.5, 0.6) is 0 Å². The highest BCUT2D eigenvalue weighted by Crippen LogP contribution is 2.08. The Kier molecular flexibility index (Phi) is 6.21. The van der Waals surface area contributed by atoms with Gasteiger partial charge in [0, 0.05) is 35.9 Å². The minimum atomic E-state index is -0.575. The van der Waals surface area contributed by atoms with E-state index >= 15 is 0 Å². The van der Waals surface area contributed by atoms with E-state index in [1.165, 1.54) is 12.1 Å². The fourth-order valence-electron chi connectivity index (χ4n) is 2.28. The van der Waals surface area contributed by atoms with Crippen LogP contribution in [0, 0.1) is 0 Å². The van der Waals surface area contributed by atoms with Crippen molar-refractivity contribution in [3.05, 3.63) is 83.8 Å². The van der Waals surface area contributed by atoms with Crippen molar-refractivity contribution >= 4 is 23.2 Å². The smallest absolute Gasteiger partial charge is 0.307 e. The lowest BCUT2D eigenvalue weighted by molar-refractivity contribution is 0.0902. The third-order valence-corrected chi connectivity index (χ3v) is 3.90. The third kappa shape index (κ3) is 5.19. The molecule has 3 heterocycles. The van der Waals surface area contributed by atoms with Gasteiger partial charge in [-0.15, -0.1) is 0 Å². The van der Waals surface area contributed by atoms with Crippen molar-refractivity contribution in [1.82, 2.24) is 20.8 Å². The quantitative estimate of drug-likeness (QED) is 0.494. The molecule has 0 aliphatic rings. The SMILES string of the molecule is C/C(=N\NC(=O)c1ccc(C(=O)N/N=C(\C)c2ccncc2)o1)c1ccncc1. The van der Waals surface area contributed by atoms with E-state index in [1.807, 2.05) is 0 Å². The molecular weight excluding hydrogens is 372 g/mol. The lowest BCUT2D eigenvalue weighted by Gasteiger charge is -2.02. The number of amides is 2. The van der Waals surface area contributed by atoms with E-state index in [9.17, 15) is 9.59 Å². The molecule has 0 saturated heterocycles. The summed E-state index contributed by atoms with van der Waals surface area (Å²) in [6, 6.07) is 9.87. The number of furan rings is 1. The number of hydrazone groups is 2. The first-order valence-electron chi connectivity index (χ1n) is 8.64. The summed E-state index contributed by atoms with van der Waals surface area (Å²) in [7, 11) is 0. The monoisotopic (exact) mass is 390 g/mol. The first kappa shape index (κ1) is 19.6. The van der Waals surface area contributed by atoms with Gasteiger partial charge in [-0.05, 0) is 50.2 Å². The molecule has 29 heavy (non-hydrogen) atoms. The lowest BCUT2D eigenvalue weighted by Crippen LogP contribution is -2.20. The predicted octanol–water partition coefficient (Wildman–Crippen LogP) is 2.38. The van der Waals surface area contributed by atoms with Gasteiger partial charge in [0.15, 0.2) is 11.5 Å². The van der Waals surface area contributed by atoms with Crippen LogP contribution < -0.4 is 10.9 Å². The second-order valence-electron chi connectivity index (χ2n) is 5.91. The van der Waals surface area contributed by atoms with Gasteiger partial charge < -0.3 is 4.42 Å². The second kappa shape index (κ2) is 9.18. The molecule has 2 amide bonds. The van der Waals surface area contributed by atoms with Crippen LogP contribution in [-0.2, 0) is 0 Å². The van der Waals surface area contributed by atoms with Gasteiger partial charge in [-0.2, -0.15) is 10.2 Å². The van der Waals surface area contributed by atoms with Crippen molar-refractivity contribution in [3.63, 3.8) is 0 Å². The molecule has 3 aromatic heterocycles. The number of aromatic nitrogens is 2. The van der Waals surface area contributed by atoms with E-state index in [4.69, 9.17) is 4.42 Å². The molecule has 0 bridgehead atoms. The summed E-state index contributed by atoms with van der Waals surface area (Å²) in [6.45, 7) is 3.50. The van der Waals surface area contributed by atoms with Crippen LogP contribution in [0.1, 0.15) is 46.1 Å². The molecule has 0 aliphatic carbocycles. The van der Waals surface area contributed by atoms with Crippen LogP contribution >= 0.6 is 0 Å². The summed E-state index contributed by atoms with van der Waals surface area (Å²) < 4.78 is 5.30. The first-order chi connectivity index (χ1) is 14.0. The summed E-state index contributed by atoms with van der Waals surface area (Å²) in [5.74, 6) is -1.24. The van der Waals surface area contributed by atoms with Crippen LogP contribution in [0.2, 0.25) is 0 Å². The molecule has 0 radical (unpaired) electrons. The minimum absolute atomic E-state index is 0.0451. The fourth-order valence-corrected chi connectivity index (χ4v) is 2.28. The van der Waals surface area contributed by atoms with E-state index in [2.05, 4.69) is 31.0 Å². The van der Waals surface area contributed by atoms with Gasteiger partial charge in [-0.25, -0.2) is 10.9 Å². The van der Waals surface area contributed by atoms with Crippen molar-refractivity contribution in [2.45, 2.75) is 13.8 Å². The topological polar surface area (TPSA) is 122 Å². The lowest BCUT2D eigenvalue weighted by atomic mass is 10.2.